The normalized spacial score (nSPS) is 19.7. The van der Waals surface area contributed by atoms with Crippen LogP contribution in [0.25, 0.3) is 11.3 Å². The van der Waals surface area contributed by atoms with Crippen LogP contribution in [-0.4, -0.2) is 34.3 Å². The second kappa shape index (κ2) is 8.58. The summed E-state index contributed by atoms with van der Waals surface area (Å²) in [4.78, 5) is 21.6. The highest BCUT2D eigenvalue weighted by Crippen LogP contribution is 2.41. The molecule has 0 amide bonds. The maximum absolute atomic E-state index is 12.7. The third-order valence-corrected chi connectivity index (χ3v) is 6.92. The summed E-state index contributed by atoms with van der Waals surface area (Å²) in [7, 11) is 1.95. The molecule has 0 radical (unpaired) electrons. The molecule has 0 saturated heterocycles. The molecule has 2 aliphatic heterocycles. The van der Waals surface area contributed by atoms with Gasteiger partial charge in [0.05, 0.1) is 30.1 Å². The molecule has 0 saturated carbocycles. The number of hydrogen-bond acceptors (Lipinski definition) is 8. The summed E-state index contributed by atoms with van der Waals surface area (Å²) in [5.41, 5.74) is 15.8. The molecule has 8 nitrogen and oxygen atoms in total. The van der Waals surface area contributed by atoms with Crippen molar-refractivity contribution in [3.05, 3.63) is 76.4 Å². The van der Waals surface area contributed by atoms with Gasteiger partial charge in [-0.2, -0.15) is 0 Å². The molecule has 1 aromatic carbocycles. The first kappa shape index (κ1) is 21.6. The van der Waals surface area contributed by atoms with E-state index in [1.165, 1.54) is 18.0 Å². The zero-order valence-electron chi connectivity index (χ0n) is 17.7. The highest BCUT2D eigenvalue weighted by Gasteiger charge is 2.37. The van der Waals surface area contributed by atoms with Crippen molar-refractivity contribution in [2.24, 2.45) is 23.5 Å². The van der Waals surface area contributed by atoms with Crippen LogP contribution >= 0.6 is 23.4 Å². The number of benzene rings is 1. The van der Waals surface area contributed by atoms with Crippen LogP contribution in [0.2, 0.25) is 5.02 Å². The number of Topliss-reactive ketones (excluding diaryl/α,β-unsaturated/α-hetero) is 1. The number of halogens is 1. The van der Waals surface area contributed by atoms with Crippen LogP contribution in [0.5, 0.6) is 0 Å². The lowest BCUT2D eigenvalue weighted by Crippen LogP contribution is -2.39. The Morgan fingerprint density at radius 3 is 2.79 bits per heavy atom. The van der Waals surface area contributed by atoms with Gasteiger partial charge in [0, 0.05) is 36.0 Å². The number of carbonyl (C=O) groups excluding carboxylic acids is 1. The van der Waals surface area contributed by atoms with Crippen LogP contribution in [0.15, 0.2) is 85.3 Å². The number of aliphatic imine (C=N–C) groups is 1. The predicted molar refractivity (Wildman–Crippen MR) is 128 cm³/mol. The van der Waals surface area contributed by atoms with Crippen LogP contribution < -0.4 is 16.8 Å². The third kappa shape index (κ3) is 3.88. The van der Waals surface area contributed by atoms with E-state index >= 15 is 0 Å². The highest BCUT2D eigenvalue weighted by molar-refractivity contribution is 7.99. The Bertz CT molecular complexity index is 1340. The number of aromatic nitrogens is 2. The van der Waals surface area contributed by atoms with Gasteiger partial charge in [0.2, 0.25) is 0 Å². The molecule has 2 aliphatic rings. The molecule has 1 unspecified atom stereocenters. The average Bonchev–Trinajstić information content (AvgIpc) is 3.41. The van der Waals surface area contributed by atoms with Crippen molar-refractivity contribution < 1.29 is 9.21 Å². The maximum Gasteiger partial charge on any atom is 0.176 e. The molecule has 33 heavy (non-hydrogen) atoms. The molecule has 2 aromatic heterocycles. The van der Waals surface area contributed by atoms with E-state index in [-0.39, 0.29) is 12.3 Å². The fraction of sp³-hybridized carbons (Fsp3) is 0.174. The number of ketones is 1. The summed E-state index contributed by atoms with van der Waals surface area (Å²) in [6.07, 6.45) is 3.21. The van der Waals surface area contributed by atoms with Gasteiger partial charge in [-0.05, 0) is 41.6 Å². The molecule has 5 N–H and O–H groups in total. The molecule has 5 rings (SSSR count). The summed E-state index contributed by atoms with van der Waals surface area (Å²) in [6.45, 7) is 0.713. The number of imidazole rings is 1. The lowest BCUT2D eigenvalue weighted by molar-refractivity contribution is -0.115. The molecule has 0 bridgehead atoms. The van der Waals surface area contributed by atoms with Gasteiger partial charge < -0.3 is 25.8 Å². The first-order valence-corrected chi connectivity index (χ1v) is 11.4. The Labute approximate surface area is 199 Å². The van der Waals surface area contributed by atoms with E-state index in [9.17, 15) is 4.79 Å². The topological polar surface area (TPSA) is 124 Å². The summed E-state index contributed by atoms with van der Waals surface area (Å²) >= 11 is 7.40. The lowest BCUT2D eigenvalue weighted by Gasteiger charge is -2.29. The number of carbonyl (C=O) groups is 1. The van der Waals surface area contributed by atoms with Crippen molar-refractivity contribution in [2.45, 2.75) is 16.2 Å². The molecule has 0 spiro atoms. The molecule has 3 aromatic rings. The van der Waals surface area contributed by atoms with E-state index in [0.29, 0.717) is 45.1 Å². The van der Waals surface area contributed by atoms with Crippen LogP contribution in [-0.2, 0) is 11.8 Å². The van der Waals surface area contributed by atoms with Gasteiger partial charge in [0.1, 0.15) is 11.6 Å². The number of rotatable bonds is 4. The number of nitrogens with zero attached hydrogens (tertiary/aromatic N) is 3. The second-order valence-electron chi connectivity index (χ2n) is 7.69. The second-order valence-corrected chi connectivity index (χ2v) is 9.10. The number of nitrogens with two attached hydrogens (primary N) is 2. The Morgan fingerprint density at radius 2 is 2.03 bits per heavy atom. The van der Waals surface area contributed by atoms with Gasteiger partial charge >= 0.3 is 0 Å². The van der Waals surface area contributed by atoms with E-state index < -0.39 is 5.92 Å². The van der Waals surface area contributed by atoms with Crippen molar-refractivity contribution in [1.29, 1.82) is 0 Å². The van der Waals surface area contributed by atoms with Crippen LogP contribution in [0.1, 0.15) is 11.7 Å². The molecule has 168 valence electrons. The molecule has 0 aliphatic carbocycles. The Hall–Kier alpha value is -3.27. The summed E-state index contributed by atoms with van der Waals surface area (Å²) < 4.78 is 8.16. The van der Waals surface area contributed by atoms with Crippen LogP contribution in [0, 0.1) is 0 Å². The number of nitrogens with one attached hydrogen (secondary N) is 1. The van der Waals surface area contributed by atoms with E-state index in [1.54, 1.807) is 0 Å². The number of hydrogen-bond donors (Lipinski definition) is 3. The smallest absolute Gasteiger partial charge is 0.176 e. The monoisotopic (exact) mass is 480 g/mol. The Balaban J connectivity index is 1.45. The minimum atomic E-state index is -0.488. The summed E-state index contributed by atoms with van der Waals surface area (Å²) in [5.74, 6) is 0.346. The number of furan rings is 1. The van der Waals surface area contributed by atoms with Crippen LogP contribution in [0.3, 0.4) is 0 Å². The molecule has 1 atom stereocenters. The van der Waals surface area contributed by atoms with Gasteiger partial charge in [-0.1, -0.05) is 23.7 Å². The first-order valence-electron chi connectivity index (χ1n) is 10.2. The van der Waals surface area contributed by atoms with Gasteiger partial charge in [0.15, 0.2) is 16.0 Å². The number of amidine groups is 1. The Kier molecular flexibility index (Phi) is 5.61. The highest BCUT2D eigenvalue weighted by atomic mass is 35.5. The van der Waals surface area contributed by atoms with Gasteiger partial charge in [-0.15, -0.1) is 0 Å². The predicted octanol–water partition coefficient (Wildman–Crippen LogP) is 3.21. The van der Waals surface area contributed by atoms with Crippen molar-refractivity contribution in [2.75, 3.05) is 13.1 Å². The van der Waals surface area contributed by atoms with Crippen molar-refractivity contribution in [3.8, 4) is 11.3 Å². The van der Waals surface area contributed by atoms with Gasteiger partial charge in [-0.3, -0.25) is 4.79 Å². The van der Waals surface area contributed by atoms with E-state index in [1.807, 2.05) is 54.2 Å². The van der Waals surface area contributed by atoms with E-state index in [2.05, 4.69) is 15.3 Å². The first-order chi connectivity index (χ1) is 16.0. The average molecular weight is 481 g/mol. The largest absolute Gasteiger partial charge is 0.453 e. The van der Waals surface area contributed by atoms with E-state index in [0.717, 1.165) is 16.4 Å². The van der Waals surface area contributed by atoms with Gasteiger partial charge in [0.25, 0.3) is 0 Å². The van der Waals surface area contributed by atoms with E-state index in [4.69, 9.17) is 27.5 Å². The quantitative estimate of drug-likeness (QED) is 0.523. The molecule has 0 fully saturated rings. The van der Waals surface area contributed by atoms with Crippen molar-refractivity contribution in [1.82, 2.24) is 14.9 Å². The van der Waals surface area contributed by atoms with Gasteiger partial charge in [-0.25, -0.2) is 9.98 Å². The molecule has 10 heteroatoms. The summed E-state index contributed by atoms with van der Waals surface area (Å²) in [5, 5.41) is 5.14. The fourth-order valence-electron chi connectivity index (χ4n) is 4.07. The van der Waals surface area contributed by atoms with Crippen LogP contribution in [0.4, 0.5) is 0 Å². The zero-order valence-corrected chi connectivity index (χ0v) is 19.3. The minimum absolute atomic E-state index is 0.0424. The SMILES string of the molecule is Cn1c(-c2ccc(Cl)cc2)cnc1Sc1ccc(C2C3=C(CNCC3=O)N=C(N)/C2=C\N)o1. The molecular formula is C23H21ClN6O2S. The fourth-order valence-corrected chi connectivity index (χ4v) is 4.99. The third-order valence-electron chi connectivity index (χ3n) is 5.68. The van der Waals surface area contributed by atoms with Crippen molar-refractivity contribution in [3.63, 3.8) is 0 Å². The molecule has 4 heterocycles. The maximum atomic E-state index is 12.7. The summed E-state index contributed by atoms with van der Waals surface area (Å²) in [6, 6.07) is 11.3. The zero-order chi connectivity index (χ0) is 23.1. The Morgan fingerprint density at radius 1 is 1.24 bits per heavy atom. The standard InChI is InChI=1S/C23H21ClN6O2S/c1-30-16(12-2-4-13(24)5-3-12)10-28-23(30)33-19-7-6-18(32-19)20-14(8-25)22(26)29-15-9-27-11-17(31)21(15)20/h2-8,10,20,27H,9,11,25H2,1H3,(H2,26,29)/b14-8-. The van der Waals surface area contributed by atoms with Crippen molar-refractivity contribution >= 4 is 35.0 Å². The molecular weight excluding hydrogens is 460 g/mol. The minimum Gasteiger partial charge on any atom is -0.453 e. The lowest BCUT2D eigenvalue weighted by atomic mass is 9.81.